The Bertz CT molecular complexity index is 1270. The number of hydrogen-bond donors (Lipinski definition) is 1. The predicted molar refractivity (Wildman–Crippen MR) is 133 cm³/mol. The Hall–Kier alpha value is -3.35. The first kappa shape index (κ1) is 23.8. The summed E-state index contributed by atoms with van der Waals surface area (Å²) in [7, 11) is 0. The van der Waals surface area contributed by atoms with Gasteiger partial charge in [0.2, 0.25) is 5.89 Å². The number of benzene rings is 3. The highest BCUT2D eigenvalue weighted by Gasteiger charge is 2.31. The molecular formula is C27H27ClN2O4. The topological polar surface area (TPSA) is 73.6 Å². The third-order valence-electron chi connectivity index (χ3n) is 5.28. The van der Waals surface area contributed by atoms with Gasteiger partial charge in [-0.05, 0) is 68.3 Å². The fourth-order valence-corrected chi connectivity index (χ4v) is 3.76. The van der Waals surface area contributed by atoms with Crippen molar-refractivity contribution in [2.24, 2.45) is 0 Å². The van der Waals surface area contributed by atoms with E-state index >= 15 is 0 Å². The van der Waals surface area contributed by atoms with Crippen LogP contribution in [0.1, 0.15) is 31.9 Å². The van der Waals surface area contributed by atoms with E-state index in [4.69, 9.17) is 25.5 Å². The maximum atomic E-state index is 12.1. The van der Waals surface area contributed by atoms with E-state index in [-0.39, 0.29) is 0 Å². The van der Waals surface area contributed by atoms with E-state index < -0.39 is 11.6 Å². The van der Waals surface area contributed by atoms with Crippen LogP contribution in [0.3, 0.4) is 0 Å². The number of carbonyl (C=O) groups excluding carboxylic acids is 1. The smallest absolute Gasteiger partial charge is 0.349 e. The normalized spacial score (nSPS) is 11.5. The summed E-state index contributed by atoms with van der Waals surface area (Å²) in [6.45, 7) is 6.67. The number of nitrogens with zero attached hydrogens (tertiary/aromatic N) is 1. The minimum absolute atomic E-state index is 0.311. The molecule has 0 atom stereocenters. The van der Waals surface area contributed by atoms with Crippen molar-refractivity contribution in [3.8, 4) is 17.2 Å². The third kappa shape index (κ3) is 5.58. The summed E-state index contributed by atoms with van der Waals surface area (Å²) in [4.78, 5) is 16.7. The van der Waals surface area contributed by atoms with Gasteiger partial charge in [-0.15, -0.1) is 0 Å². The number of nitrogens with one attached hydrogen (secondary N) is 1. The number of carbonyl (C=O) groups is 1. The first-order valence-electron chi connectivity index (χ1n) is 11.2. The zero-order chi connectivity index (χ0) is 24.1. The second-order valence-corrected chi connectivity index (χ2v) is 8.81. The summed E-state index contributed by atoms with van der Waals surface area (Å²) in [5.41, 5.74) is 3.36. The van der Waals surface area contributed by atoms with E-state index in [1.807, 2.05) is 66.7 Å². The second kappa shape index (κ2) is 10.3. The lowest BCUT2D eigenvalue weighted by Crippen LogP contribution is -2.39. The highest BCUT2D eigenvalue weighted by Crippen LogP contribution is 2.29. The molecule has 6 nitrogen and oxygen atoms in total. The van der Waals surface area contributed by atoms with Crippen LogP contribution in [0, 0.1) is 0 Å². The van der Waals surface area contributed by atoms with E-state index in [1.165, 1.54) is 0 Å². The van der Waals surface area contributed by atoms with E-state index in [0.717, 1.165) is 27.8 Å². The average Bonchev–Trinajstić information content (AvgIpc) is 3.24. The lowest BCUT2D eigenvalue weighted by atomic mass is 10.1. The molecule has 3 aromatic carbocycles. The van der Waals surface area contributed by atoms with Crippen LogP contribution in [0.25, 0.3) is 22.6 Å². The number of para-hydroxylation sites is 2. The quantitative estimate of drug-likeness (QED) is 0.290. The van der Waals surface area contributed by atoms with E-state index in [1.54, 1.807) is 20.8 Å². The van der Waals surface area contributed by atoms with Crippen molar-refractivity contribution < 1.29 is 18.7 Å². The summed E-state index contributed by atoms with van der Waals surface area (Å²) in [5.74, 6) is 0.751. The van der Waals surface area contributed by atoms with Crippen molar-refractivity contribution in [3.05, 3.63) is 82.9 Å². The lowest BCUT2D eigenvalue weighted by molar-refractivity contribution is -0.158. The van der Waals surface area contributed by atoms with Crippen molar-refractivity contribution in [1.82, 2.24) is 10.3 Å². The van der Waals surface area contributed by atoms with Gasteiger partial charge < -0.3 is 19.2 Å². The minimum atomic E-state index is -1.07. The summed E-state index contributed by atoms with van der Waals surface area (Å²) in [5, 5.41) is 4.08. The number of esters is 1. The molecule has 4 rings (SSSR count). The molecule has 1 N–H and O–H groups in total. The second-order valence-electron chi connectivity index (χ2n) is 8.37. The average molecular weight is 479 g/mol. The van der Waals surface area contributed by atoms with Gasteiger partial charge in [0, 0.05) is 23.7 Å². The Morgan fingerprint density at radius 1 is 1.06 bits per heavy atom. The molecule has 0 bridgehead atoms. The molecule has 0 aliphatic heterocycles. The molecule has 34 heavy (non-hydrogen) atoms. The van der Waals surface area contributed by atoms with Gasteiger partial charge in [-0.2, -0.15) is 0 Å². The van der Waals surface area contributed by atoms with Crippen LogP contribution < -0.4 is 10.1 Å². The van der Waals surface area contributed by atoms with Crippen molar-refractivity contribution in [3.63, 3.8) is 0 Å². The van der Waals surface area contributed by atoms with E-state index in [0.29, 0.717) is 36.4 Å². The molecule has 176 valence electrons. The fraction of sp³-hybridized carbons (Fsp3) is 0.259. The highest BCUT2D eigenvalue weighted by molar-refractivity contribution is 6.30. The maximum absolute atomic E-state index is 12.1. The van der Waals surface area contributed by atoms with Gasteiger partial charge in [0.1, 0.15) is 11.3 Å². The zero-order valence-electron chi connectivity index (χ0n) is 19.4. The Balaban J connectivity index is 1.45. The Kier molecular flexibility index (Phi) is 7.20. The van der Waals surface area contributed by atoms with Gasteiger partial charge in [-0.1, -0.05) is 41.9 Å². The molecular weight excluding hydrogens is 452 g/mol. The van der Waals surface area contributed by atoms with Gasteiger partial charge in [0.25, 0.3) is 0 Å². The molecule has 7 heteroatoms. The third-order valence-corrected chi connectivity index (χ3v) is 5.51. The molecule has 4 aromatic rings. The van der Waals surface area contributed by atoms with Crippen LogP contribution in [0.2, 0.25) is 5.02 Å². The van der Waals surface area contributed by atoms with Crippen LogP contribution in [0.4, 0.5) is 0 Å². The predicted octanol–water partition coefficient (Wildman–Crippen LogP) is 6.16. The van der Waals surface area contributed by atoms with Crippen molar-refractivity contribution in [2.75, 3.05) is 6.61 Å². The van der Waals surface area contributed by atoms with Gasteiger partial charge in [0.05, 0.1) is 6.61 Å². The number of oxazole rings is 1. The molecule has 0 fully saturated rings. The number of rotatable bonds is 9. The van der Waals surface area contributed by atoms with Crippen LogP contribution in [0.15, 0.2) is 71.1 Å². The molecule has 0 saturated carbocycles. The maximum Gasteiger partial charge on any atom is 0.349 e. The largest absolute Gasteiger partial charge is 0.476 e. The van der Waals surface area contributed by atoms with Gasteiger partial charge in [0.15, 0.2) is 11.2 Å². The number of ether oxygens (including phenoxy) is 2. The zero-order valence-corrected chi connectivity index (χ0v) is 20.2. The molecule has 1 heterocycles. The minimum Gasteiger partial charge on any atom is -0.476 e. The van der Waals surface area contributed by atoms with Crippen LogP contribution >= 0.6 is 11.6 Å². The Morgan fingerprint density at radius 3 is 2.68 bits per heavy atom. The fourth-order valence-electron chi connectivity index (χ4n) is 3.59. The number of halogens is 1. The summed E-state index contributed by atoms with van der Waals surface area (Å²) < 4.78 is 17.0. The number of fused-ring (bicyclic) bond motifs is 1. The molecule has 0 radical (unpaired) electrons. The molecule has 0 aliphatic carbocycles. The summed E-state index contributed by atoms with van der Waals surface area (Å²) >= 11 is 6.27. The standard InChI is InChI=1S/C27H27ClN2O4/c1-4-32-26(31)27(2,3)34-21-9-7-8-18(14-21)16-29-17-19-12-13-20(28)15-22(19)25-30-23-10-5-6-11-24(23)33-25/h5-15,29H,4,16-17H2,1-3H3. The monoisotopic (exact) mass is 478 g/mol. The van der Waals surface area contributed by atoms with Crippen molar-refractivity contribution in [1.29, 1.82) is 0 Å². The van der Waals surface area contributed by atoms with Gasteiger partial charge >= 0.3 is 5.97 Å². The Morgan fingerprint density at radius 2 is 1.88 bits per heavy atom. The van der Waals surface area contributed by atoms with Crippen LogP contribution in [-0.2, 0) is 22.6 Å². The van der Waals surface area contributed by atoms with Crippen LogP contribution in [0.5, 0.6) is 5.75 Å². The van der Waals surface area contributed by atoms with Crippen molar-refractivity contribution >= 4 is 28.7 Å². The summed E-state index contributed by atoms with van der Waals surface area (Å²) in [6.07, 6.45) is 0. The van der Waals surface area contributed by atoms with Crippen molar-refractivity contribution in [2.45, 2.75) is 39.5 Å². The molecule has 0 saturated heterocycles. The molecule has 1 aromatic heterocycles. The van der Waals surface area contributed by atoms with Gasteiger partial charge in [-0.3, -0.25) is 0 Å². The first-order chi connectivity index (χ1) is 16.4. The molecule has 0 unspecified atom stereocenters. The molecule has 0 amide bonds. The SMILES string of the molecule is CCOC(=O)C(C)(C)Oc1cccc(CNCc2ccc(Cl)cc2-c2nc3ccccc3o2)c1. The van der Waals surface area contributed by atoms with E-state index in [2.05, 4.69) is 10.3 Å². The number of hydrogen-bond acceptors (Lipinski definition) is 6. The Labute approximate surface area is 203 Å². The molecule has 0 spiro atoms. The van der Waals surface area contributed by atoms with Gasteiger partial charge in [-0.25, -0.2) is 9.78 Å². The molecule has 0 aliphatic rings. The van der Waals surface area contributed by atoms with Crippen LogP contribution in [-0.4, -0.2) is 23.2 Å². The first-order valence-corrected chi connectivity index (χ1v) is 11.5. The lowest BCUT2D eigenvalue weighted by Gasteiger charge is -2.24. The highest BCUT2D eigenvalue weighted by atomic mass is 35.5. The number of aromatic nitrogens is 1. The van der Waals surface area contributed by atoms with E-state index in [9.17, 15) is 4.79 Å². The summed E-state index contributed by atoms with van der Waals surface area (Å²) in [6, 6.07) is 21.0.